The summed E-state index contributed by atoms with van der Waals surface area (Å²) in [6.45, 7) is 0. The van der Waals surface area contributed by atoms with E-state index in [0.29, 0.717) is 17.7 Å². The largest absolute Gasteiger partial charge is 0.280 e. The molecule has 0 aliphatic heterocycles. The SMILES string of the molecule is O=[N+]([O-])c1ccc(CCCl)c(S(=O)(=O)Nc2ccccc2)c1. The summed E-state index contributed by atoms with van der Waals surface area (Å²) >= 11 is 5.67. The first kappa shape index (κ1) is 16.3. The number of rotatable bonds is 6. The van der Waals surface area contributed by atoms with Crippen molar-refractivity contribution >= 4 is 33.0 Å². The van der Waals surface area contributed by atoms with E-state index in [4.69, 9.17) is 11.6 Å². The number of hydrogen-bond donors (Lipinski definition) is 1. The number of aryl methyl sites for hydroxylation is 1. The topological polar surface area (TPSA) is 89.3 Å². The molecule has 116 valence electrons. The Bertz CT molecular complexity index is 779. The summed E-state index contributed by atoms with van der Waals surface area (Å²) in [4.78, 5) is 10.1. The van der Waals surface area contributed by atoms with E-state index in [9.17, 15) is 18.5 Å². The molecule has 0 heterocycles. The van der Waals surface area contributed by atoms with Crippen LogP contribution in [0.25, 0.3) is 0 Å². The number of para-hydroxylation sites is 1. The Kier molecular flexibility index (Phi) is 4.99. The first-order chi connectivity index (χ1) is 10.4. The molecule has 2 aromatic rings. The van der Waals surface area contributed by atoms with Crippen molar-refractivity contribution in [2.45, 2.75) is 11.3 Å². The van der Waals surface area contributed by atoms with Gasteiger partial charge in [0.15, 0.2) is 0 Å². The number of non-ortho nitro benzene ring substituents is 1. The lowest BCUT2D eigenvalue weighted by Crippen LogP contribution is -2.15. The van der Waals surface area contributed by atoms with Crippen LogP contribution in [0.3, 0.4) is 0 Å². The molecule has 0 aliphatic carbocycles. The van der Waals surface area contributed by atoms with Gasteiger partial charge < -0.3 is 0 Å². The fourth-order valence-electron chi connectivity index (χ4n) is 1.93. The Labute approximate surface area is 132 Å². The standard InChI is InChI=1S/C14H13ClN2O4S/c15-9-8-11-6-7-13(17(18)19)10-14(11)22(20,21)16-12-4-2-1-3-5-12/h1-7,10,16H,8-9H2. The van der Waals surface area contributed by atoms with Crippen LogP contribution >= 0.6 is 11.6 Å². The van der Waals surface area contributed by atoms with Gasteiger partial charge in [-0.2, -0.15) is 0 Å². The molecule has 8 heteroatoms. The van der Waals surface area contributed by atoms with E-state index in [1.807, 2.05) is 0 Å². The third-order valence-electron chi connectivity index (χ3n) is 2.94. The second-order valence-electron chi connectivity index (χ2n) is 4.46. The quantitative estimate of drug-likeness (QED) is 0.497. The van der Waals surface area contributed by atoms with Crippen molar-refractivity contribution in [2.75, 3.05) is 10.6 Å². The average Bonchev–Trinajstić information content (AvgIpc) is 2.48. The number of halogens is 1. The van der Waals surface area contributed by atoms with Crippen molar-refractivity contribution < 1.29 is 13.3 Å². The van der Waals surface area contributed by atoms with E-state index in [2.05, 4.69) is 4.72 Å². The Hall–Kier alpha value is -2.12. The zero-order valence-electron chi connectivity index (χ0n) is 11.4. The summed E-state index contributed by atoms with van der Waals surface area (Å²) in [6, 6.07) is 12.0. The molecule has 0 aliphatic rings. The van der Waals surface area contributed by atoms with Gasteiger partial charge in [0.1, 0.15) is 0 Å². The van der Waals surface area contributed by atoms with Gasteiger partial charge in [-0.25, -0.2) is 8.42 Å². The second kappa shape index (κ2) is 6.76. The van der Waals surface area contributed by atoms with Gasteiger partial charge in [0, 0.05) is 23.7 Å². The first-order valence-electron chi connectivity index (χ1n) is 6.35. The van der Waals surface area contributed by atoms with E-state index in [0.717, 1.165) is 6.07 Å². The zero-order valence-corrected chi connectivity index (χ0v) is 13.0. The highest BCUT2D eigenvalue weighted by Gasteiger charge is 2.22. The fourth-order valence-corrected chi connectivity index (χ4v) is 3.48. The predicted octanol–water partition coefficient (Wildman–Crippen LogP) is 3.18. The van der Waals surface area contributed by atoms with Crippen molar-refractivity contribution in [2.24, 2.45) is 0 Å². The van der Waals surface area contributed by atoms with Gasteiger partial charge in [0.25, 0.3) is 15.7 Å². The normalized spacial score (nSPS) is 11.1. The lowest BCUT2D eigenvalue weighted by molar-refractivity contribution is -0.385. The number of sulfonamides is 1. The monoisotopic (exact) mass is 340 g/mol. The van der Waals surface area contributed by atoms with Crippen LogP contribution in [0.4, 0.5) is 11.4 Å². The summed E-state index contributed by atoms with van der Waals surface area (Å²) in [7, 11) is -3.94. The number of nitrogens with zero attached hydrogens (tertiary/aromatic N) is 1. The van der Waals surface area contributed by atoms with E-state index in [1.54, 1.807) is 30.3 Å². The Morgan fingerprint density at radius 2 is 1.82 bits per heavy atom. The smallest absolute Gasteiger partial charge is 0.270 e. The van der Waals surface area contributed by atoms with Gasteiger partial charge in [-0.1, -0.05) is 24.3 Å². The fraction of sp³-hybridized carbons (Fsp3) is 0.143. The van der Waals surface area contributed by atoms with E-state index < -0.39 is 14.9 Å². The number of benzene rings is 2. The molecule has 2 aromatic carbocycles. The van der Waals surface area contributed by atoms with Gasteiger partial charge >= 0.3 is 0 Å². The van der Waals surface area contributed by atoms with Crippen LogP contribution in [0.5, 0.6) is 0 Å². The number of nitro benzene ring substituents is 1. The average molecular weight is 341 g/mol. The van der Waals surface area contributed by atoms with Crippen molar-refractivity contribution in [3.05, 3.63) is 64.2 Å². The second-order valence-corrected chi connectivity index (χ2v) is 6.49. The maximum atomic E-state index is 12.5. The zero-order chi connectivity index (χ0) is 16.2. The Morgan fingerprint density at radius 1 is 1.14 bits per heavy atom. The Balaban J connectivity index is 2.47. The molecule has 0 radical (unpaired) electrons. The maximum absolute atomic E-state index is 12.5. The highest BCUT2D eigenvalue weighted by molar-refractivity contribution is 7.92. The van der Waals surface area contributed by atoms with Crippen LogP contribution in [0, 0.1) is 10.1 Å². The molecular formula is C14H13ClN2O4S. The molecular weight excluding hydrogens is 328 g/mol. The summed E-state index contributed by atoms with van der Waals surface area (Å²) in [5, 5.41) is 10.9. The Morgan fingerprint density at radius 3 is 2.41 bits per heavy atom. The van der Waals surface area contributed by atoms with Crippen LogP contribution < -0.4 is 4.72 Å². The van der Waals surface area contributed by atoms with Crippen LogP contribution in [0.2, 0.25) is 0 Å². The minimum absolute atomic E-state index is 0.133. The lowest BCUT2D eigenvalue weighted by Gasteiger charge is -2.11. The molecule has 2 rings (SSSR count). The summed E-state index contributed by atoms with van der Waals surface area (Å²) in [5.41, 5.74) is 0.529. The molecule has 0 bridgehead atoms. The van der Waals surface area contributed by atoms with E-state index in [-0.39, 0.29) is 16.5 Å². The number of anilines is 1. The highest BCUT2D eigenvalue weighted by atomic mass is 35.5. The van der Waals surface area contributed by atoms with Crippen molar-refractivity contribution in [3.63, 3.8) is 0 Å². The number of nitrogens with one attached hydrogen (secondary N) is 1. The predicted molar refractivity (Wildman–Crippen MR) is 84.8 cm³/mol. The maximum Gasteiger partial charge on any atom is 0.270 e. The minimum Gasteiger partial charge on any atom is -0.280 e. The molecule has 0 spiro atoms. The third-order valence-corrected chi connectivity index (χ3v) is 4.59. The molecule has 0 aromatic heterocycles. The van der Waals surface area contributed by atoms with Crippen LogP contribution in [-0.2, 0) is 16.4 Å². The number of alkyl halides is 1. The molecule has 0 atom stereocenters. The molecule has 1 N–H and O–H groups in total. The van der Waals surface area contributed by atoms with Gasteiger partial charge in [-0.05, 0) is 24.1 Å². The van der Waals surface area contributed by atoms with Crippen LogP contribution in [-0.4, -0.2) is 19.2 Å². The van der Waals surface area contributed by atoms with E-state index in [1.165, 1.54) is 12.1 Å². The number of nitro groups is 1. The van der Waals surface area contributed by atoms with Gasteiger partial charge in [0.2, 0.25) is 0 Å². The summed E-state index contributed by atoms with van der Waals surface area (Å²) in [5.74, 6) is 0.214. The molecule has 6 nitrogen and oxygen atoms in total. The molecule has 0 saturated carbocycles. The van der Waals surface area contributed by atoms with Crippen molar-refractivity contribution in [1.29, 1.82) is 0 Å². The minimum atomic E-state index is -3.94. The molecule has 22 heavy (non-hydrogen) atoms. The molecule has 0 fully saturated rings. The molecule has 0 saturated heterocycles. The molecule has 0 amide bonds. The third kappa shape index (κ3) is 3.75. The van der Waals surface area contributed by atoms with Crippen molar-refractivity contribution in [1.82, 2.24) is 0 Å². The van der Waals surface area contributed by atoms with Gasteiger partial charge in [-0.3, -0.25) is 14.8 Å². The van der Waals surface area contributed by atoms with Gasteiger partial charge in [0.05, 0.1) is 9.82 Å². The van der Waals surface area contributed by atoms with Gasteiger partial charge in [-0.15, -0.1) is 11.6 Å². The summed E-state index contributed by atoms with van der Waals surface area (Å²) in [6.07, 6.45) is 0.296. The number of hydrogen-bond acceptors (Lipinski definition) is 4. The van der Waals surface area contributed by atoms with Crippen molar-refractivity contribution in [3.8, 4) is 0 Å². The summed E-state index contributed by atoms with van der Waals surface area (Å²) < 4.78 is 27.4. The highest BCUT2D eigenvalue weighted by Crippen LogP contribution is 2.25. The first-order valence-corrected chi connectivity index (χ1v) is 8.37. The van der Waals surface area contributed by atoms with Crippen LogP contribution in [0.1, 0.15) is 5.56 Å². The van der Waals surface area contributed by atoms with Crippen LogP contribution in [0.15, 0.2) is 53.4 Å². The molecule has 0 unspecified atom stereocenters. The lowest BCUT2D eigenvalue weighted by atomic mass is 10.1. The van der Waals surface area contributed by atoms with E-state index >= 15 is 0 Å².